The van der Waals surface area contributed by atoms with Crippen LogP contribution >= 0.6 is 23.2 Å². The van der Waals surface area contributed by atoms with Crippen LogP contribution in [0.5, 0.6) is 0 Å². The van der Waals surface area contributed by atoms with Gasteiger partial charge in [0.15, 0.2) is 0 Å². The third kappa shape index (κ3) is 6.93. The number of rotatable bonds is 10. The molecule has 0 unspecified atom stereocenters. The topological polar surface area (TPSA) is 86.8 Å². The largest absolute Gasteiger partial charge is 0.352 e. The summed E-state index contributed by atoms with van der Waals surface area (Å²) < 4.78 is 28.5. The van der Waals surface area contributed by atoms with Crippen molar-refractivity contribution in [1.82, 2.24) is 10.2 Å². The molecule has 0 aliphatic heterocycles. The van der Waals surface area contributed by atoms with Crippen molar-refractivity contribution in [3.63, 3.8) is 0 Å². The zero-order chi connectivity index (χ0) is 28.0. The predicted octanol–water partition coefficient (Wildman–Crippen LogP) is 5.66. The first kappa shape index (κ1) is 28.9. The van der Waals surface area contributed by atoms with E-state index in [4.69, 9.17) is 23.2 Å². The van der Waals surface area contributed by atoms with Gasteiger partial charge in [-0.3, -0.25) is 13.9 Å². The second-order valence-electron chi connectivity index (χ2n) is 9.55. The van der Waals surface area contributed by atoms with E-state index in [2.05, 4.69) is 5.32 Å². The van der Waals surface area contributed by atoms with Gasteiger partial charge in [-0.1, -0.05) is 78.5 Å². The van der Waals surface area contributed by atoms with Gasteiger partial charge in [-0.25, -0.2) is 8.42 Å². The molecule has 4 rings (SSSR count). The summed E-state index contributed by atoms with van der Waals surface area (Å²) in [5.41, 5.74) is 0.806. The van der Waals surface area contributed by atoms with E-state index in [9.17, 15) is 18.0 Å². The van der Waals surface area contributed by atoms with E-state index in [0.29, 0.717) is 21.3 Å². The zero-order valence-corrected chi connectivity index (χ0v) is 23.9. The molecule has 1 aliphatic rings. The fourth-order valence-corrected chi connectivity index (χ4v) is 6.62. The summed E-state index contributed by atoms with van der Waals surface area (Å²) >= 11 is 12.9. The van der Waals surface area contributed by atoms with Crippen molar-refractivity contribution < 1.29 is 18.0 Å². The summed E-state index contributed by atoms with van der Waals surface area (Å²) in [6.45, 7) is 1.04. The Labute approximate surface area is 239 Å². The third-order valence-electron chi connectivity index (χ3n) is 6.91. The van der Waals surface area contributed by atoms with Gasteiger partial charge >= 0.3 is 0 Å². The molecule has 1 N–H and O–H groups in total. The van der Waals surface area contributed by atoms with Gasteiger partial charge in [0.25, 0.3) is 10.0 Å². The number of hydrogen-bond acceptors (Lipinski definition) is 4. The highest BCUT2D eigenvalue weighted by atomic mass is 35.5. The summed E-state index contributed by atoms with van der Waals surface area (Å²) in [6, 6.07) is 20.5. The van der Waals surface area contributed by atoms with Crippen LogP contribution in [0.25, 0.3) is 0 Å². The van der Waals surface area contributed by atoms with E-state index in [1.807, 2.05) is 0 Å². The highest BCUT2D eigenvalue weighted by Gasteiger charge is 2.33. The van der Waals surface area contributed by atoms with Crippen molar-refractivity contribution in [1.29, 1.82) is 0 Å². The molecular weight excluding hydrogens is 557 g/mol. The average molecular weight is 589 g/mol. The van der Waals surface area contributed by atoms with Crippen molar-refractivity contribution in [2.24, 2.45) is 0 Å². The highest BCUT2D eigenvalue weighted by Crippen LogP contribution is 2.28. The smallest absolute Gasteiger partial charge is 0.264 e. The fourth-order valence-electron chi connectivity index (χ4n) is 4.67. The summed E-state index contributed by atoms with van der Waals surface area (Å²) in [4.78, 5) is 28.6. The number of sulfonamides is 1. The number of halogens is 2. The number of hydrogen-bond donors (Lipinski definition) is 1. The molecule has 39 heavy (non-hydrogen) atoms. The summed E-state index contributed by atoms with van der Waals surface area (Å²) in [7, 11) is -4.10. The Morgan fingerprint density at radius 1 is 0.897 bits per heavy atom. The first-order valence-corrected chi connectivity index (χ1v) is 15.0. The molecule has 206 valence electrons. The number of nitrogens with one attached hydrogen (secondary N) is 1. The average Bonchev–Trinajstić information content (AvgIpc) is 3.45. The van der Waals surface area contributed by atoms with E-state index in [0.717, 1.165) is 30.0 Å². The maximum Gasteiger partial charge on any atom is 0.264 e. The van der Waals surface area contributed by atoms with Gasteiger partial charge in [0, 0.05) is 28.2 Å². The zero-order valence-electron chi connectivity index (χ0n) is 21.6. The van der Waals surface area contributed by atoms with Gasteiger partial charge in [-0.2, -0.15) is 0 Å². The number of carbonyl (C=O) groups is 2. The summed E-state index contributed by atoms with van der Waals surface area (Å²) in [5.74, 6) is -0.876. The van der Waals surface area contributed by atoms with E-state index in [-0.39, 0.29) is 23.4 Å². The molecule has 3 aromatic carbocycles. The molecule has 0 heterocycles. The molecule has 0 bridgehead atoms. The quantitative estimate of drug-likeness (QED) is 0.331. The van der Waals surface area contributed by atoms with Crippen molar-refractivity contribution in [2.45, 2.75) is 56.1 Å². The molecule has 1 fully saturated rings. The minimum atomic E-state index is -4.10. The Hall–Kier alpha value is -3.07. The number of amides is 2. The Morgan fingerprint density at radius 2 is 1.46 bits per heavy atom. The molecule has 10 heteroatoms. The van der Waals surface area contributed by atoms with Gasteiger partial charge in [-0.15, -0.1) is 0 Å². The first-order chi connectivity index (χ1) is 18.7. The van der Waals surface area contributed by atoms with Gasteiger partial charge in [0.1, 0.15) is 12.6 Å². The Kier molecular flexibility index (Phi) is 9.53. The maximum absolute atomic E-state index is 14.0. The first-order valence-electron chi connectivity index (χ1n) is 12.8. The van der Waals surface area contributed by atoms with Crippen LogP contribution in [0, 0.1) is 0 Å². The van der Waals surface area contributed by atoms with Crippen LogP contribution in [-0.4, -0.2) is 43.8 Å². The van der Waals surface area contributed by atoms with Gasteiger partial charge in [-0.05, 0) is 56.2 Å². The van der Waals surface area contributed by atoms with E-state index in [1.54, 1.807) is 73.7 Å². The SMILES string of the molecule is C[C@H](C(=O)NC1CCCC1)N(Cc1c(Cl)cccc1Cl)C(=O)CN(c1ccccc1)S(=O)(=O)c1ccccc1. The lowest BCUT2D eigenvalue weighted by Gasteiger charge is -2.32. The molecule has 3 aromatic rings. The monoisotopic (exact) mass is 587 g/mol. The number of anilines is 1. The number of carbonyl (C=O) groups excluding carboxylic acids is 2. The maximum atomic E-state index is 14.0. The van der Waals surface area contributed by atoms with E-state index in [1.165, 1.54) is 17.0 Å². The lowest BCUT2D eigenvalue weighted by atomic mass is 10.1. The summed E-state index contributed by atoms with van der Waals surface area (Å²) in [5, 5.41) is 3.73. The van der Waals surface area contributed by atoms with Crippen LogP contribution in [0.4, 0.5) is 5.69 Å². The molecule has 0 aromatic heterocycles. The van der Waals surface area contributed by atoms with E-state index < -0.39 is 28.5 Å². The van der Waals surface area contributed by atoms with Crippen molar-refractivity contribution in [3.05, 3.63) is 94.5 Å². The fraction of sp³-hybridized carbons (Fsp3) is 0.310. The van der Waals surface area contributed by atoms with Crippen LogP contribution in [0.3, 0.4) is 0 Å². The highest BCUT2D eigenvalue weighted by molar-refractivity contribution is 7.92. The predicted molar refractivity (Wildman–Crippen MR) is 154 cm³/mol. The Bertz CT molecular complexity index is 1380. The minimum absolute atomic E-state index is 0.0503. The summed E-state index contributed by atoms with van der Waals surface area (Å²) in [6.07, 6.45) is 3.86. The molecule has 1 aliphatic carbocycles. The van der Waals surface area contributed by atoms with Crippen molar-refractivity contribution >= 4 is 50.7 Å². The van der Waals surface area contributed by atoms with Crippen LogP contribution in [0.2, 0.25) is 10.0 Å². The Morgan fingerprint density at radius 3 is 2.05 bits per heavy atom. The van der Waals surface area contributed by atoms with Crippen molar-refractivity contribution in [3.8, 4) is 0 Å². The molecule has 0 saturated heterocycles. The van der Waals surface area contributed by atoms with Gasteiger partial charge < -0.3 is 10.2 Å². The van der Waals surface area contributed by atoms with Gasteiger partial charge in [0.2, 0.25) is 11.8 Å². The van der Waals surface area contributed by atoms with Crippen LogP contribution < -0.4 is 9.62 Å². The van der Waals surface area contributed by atoms with Crippen LogP contribution in [0.1, 0.15) is 38.2 Å². The molecule has 1 atom stereocenters. The lowest BCUT2D eigenvalue weighted by molar-refractivity contribution is -0.139. The van der Waals surface area contributed by atoms with Crippen molar-refractivity contribution in [2.75, 3.05) is 10.8 Å². The normalized spacial score (nSPS) is 14.5. The lowest BCUT2D eigenvalue weighted by Crippen LogP contribution is -2.52. The van der Waals surface area contributed by atoms with Crippen LogP contribution in [-0.2, 0) is 26.2 Å². The molecular formula is C29H31Cl2N3O4S. The molecule has 1 saturated carbocycles. The second kappa shape index (κ2) is 12.9. The Balaban J connectivity index is 1.69. The molecule has 0 spiro atoms. The molecule has 7 nitrogen and oxygen atoms in total. The standard InChI is InChI=1S/C29H31Cl2N3O4S/c1-21(29(36)32-22-11-8-9-12-22)33(19-25-26(30)17-10-18-27(25)31)28(35)20-34(23-13-4-2-5-14-23)39(37,38)24-15-6-3-7-16-24/h2-7,10,13-18,21-22H,8-9,11-12,19-20H2,1H3,(H,32,36)/t21-/m1/s1. The second-order valence-corrected chi connectivity index (χ2v) is 12.2. The third-order valence-corrected chi connectivity index (χ3v) is 9.41. The minimum Gasteiger partial charge on any atom is -0.352 e. The number of benzene rings is 3. The molecule has 2 amide bonds. The van der Waals surface area contributed by atoms with Gasteiger partial charge in [0.05, 0.1) is 10.6 Å². The number of para-hydroxylation sites is 1. The molecule has 0 radical (unpaired) electrons. The number of nitrogens with zero attached hydrogens (tertiary/aromatic N) is 2. The van der Waals surface area contributed by atoms with E-state index >= 15 is 0 Å². The van der Waals surface area contributed by atoms with Crippen LogP contribution in [0.15, 0.2) is 83.8 Å².